The number of ether oxygens (including phenoxy) is 3. The number of Topliss-reactive ketones (excluding diaryl/α,β-unsaturated/α-hetero) is 1. The summed E-state index contributed by atoms with van der Waals surface area (Å²) in [5, 5.41) is 10.1. The number of phenolic OH excluding ortho intramolecular Hbond substituents is 1. The van der Waals surface area contributed by atoms with Crippen molar-refractivity contribution in [1.29, 1.82) is 0 Å². The number of methoxy groups -OCH3 is 3. The maximum absolute atomic E-state index is 13.5. The molecule has 2 aromatic rings. The molecule has 0 radical (unpaired) electrons. The second-order valence-corrected chi connectivity index (χ2v) is 8.21. The summed E-state index contributed by atoms with van der Waals surface area (Å²) >= 11 is 0. The number of hydrogen-bond acceptors (Lipinski definition) is 6. The van der Waals surface area contributed by atoms with E-state index in [9.17, 15) is 9.90 Å². The van der Waals surface area contributed by atoms with Crippen molar-refractivity contribution in [2.24, 2.45) is 0 Å². The first-order chi connectivity index (χ1) is 16.4. The van der Waals surface area contributed by atoms with E-state index in [2.05, 4.69) is 18.4 Å². The van der Waals surface area contributed by atoms with E-state index in [1.165, 1.54) is 0 Å². The fourth-order valence-electron chi connectivity index (χ4n) is 4.15. The molecule has 34 heavy (non-hydrogen) atoms. The zero-order valence-electron chi connectivity index (χ0n) is 20.4. The number of likely N-dealkylation sites (tertiary alicyclic amines) is 1. The Morgan fingerprint density at radius 2 is 1.62 bits per heavy atom. The van der Waals surface area contributed by atoms with Crippen molar-refractivity contribution in [2.45, 2.75) is 19.8 Å². The van der Waals surface area contributed by atoms with Crippen LogP contribution in [0.2, 0.25) is 0 Å². The number of hydrogen-bond donors (Lipinski definition) is 1. The summed E-state index contributed by atoms with van der Waals surface area (Å²) in [5.41, 5.74) is 3.80. The Morgan fingerprint density at radius 1 is 0.971 bits per heavy atom. The molecule has 1 saturated heterocycles. The number of ketones is 1. The Bertz CT molecular complexity index is 1120. The van der Waals surface area contributed by atoms with E-state index in [-0.39, 0.29) is 11.5 Å². The average molecular weight is 464 g/mol. The highest BCUT2D eigenvalue weighted by molar-refractivity contribution is 6.14. The molecule has 0 bridgehead atoms. The number of rotatable bonds is 9. The molecule has 2 aromatic carbocycles. The summed E-state index contributed by atoms with van der Waals surface area (Å²) in [7, 11) is 4.74. The molecule has 0 aliphatic carbocycles. The van der Waals surface area contributed by atoms with Crippen molar-refractivity contribution in [3.05, 3.63) is 70.8 Å². The Kier molecular flexibility index (Phi) is 8.55. The van der Waals surface area contributed by atoms with E-state index in [0.29, 0.717) is 47.9 Å². The van der Waals surface area contributed by atoms with Crippen LogP contribution in [0.5, 0.6) is 23.0 Å². The largest absolute Gasteiger partial charge is 0.508 e. The lowest BCUT2D eigenvalue weighted by molar-refractivity contribution is -0.113. The molecule has 1 heterocycles. The van der Waals surface area contributed by atoms with Crippen LogP contribution in [0.25, 0.3) is 12.2 Å². The minimum atomic E-state index is 0.00235. The number of carbonyl (C=O) groups is 1. The molecule has 3 rings (SSSR count). The van der Waals surface area contributed by atoms with Gasteiger partial charge in [0.25, 0.3) is 0 Å². The van der Waals surface area contributed by atoms with Crippen molar-refractivity contribution in [3.8, 4) is 23.0 Å². The number of allylic oxidation sites excluding steroid dienone is 1. The van der Waals surface area contributed by atoms with Gasteiger partial charge in [-0.1, -0.05) is 19.1 Å². The van der Waals surface area contributed by atoms with Crippen LogP contribution in [0.1, 0.15) is 30.0 Å². The van der Waals surface area contributed by atoms with Gasteiger partial charge in [0.15, 0.2) is 17.3 Å². The van der Waals surface area contributed by atoms with Crippen molar-refractivity contribution < 1.29 is 24.1 Å². The smallest absolute Gasteiger partial charge is 0.187 e. The Hall–Kier alpha value is -3.51. The standard InChI is InChI=1S/C28H33NO5/c1-6-8-20-12-19(9-10-24(20)30)13-22-17-29(11-7-2)18-23(28(22)31)14-21-15-26(33-4)27(34-5)16-25(21)32-3/h6,9-10,12-16,30H,1,7-8,11,17-18H2,2-5H3/b22-13+,23-14+. The SMILES string of the molecule is C=CCc1cc(/C=C2\CN(CCC)C/C(=C\c3cc(OC)c(OC)cc3OC)C2=O)ccc1O. The van der Waals surface area contributed by atoms with E-state index < -0.39 is 0 Å². The molecule has 0 aromatic heterocycles. The number of aromatic hydroxyl groups is 1. The molecule has 0 amide bonds. The lowest BCUT2D eigenvalue weighted by Crippen LogP contribution is -2.38. The highest BCUT2D eigenvalue weighted by Crippen LogP contribution is 2.36. The number of nitrogens with zero attached hydrogens (tertiary/aromatic N) is 1. The minimum Gasteiger partial charge on any atom is -0.508 e. The van der Waals surface area contributed by atoms with Crippen LogP contribution in [-0.2, 0) is 11.2 Å². The van der Waals surface area contributed by atoms with Gasteiger partial charge >= 0.3 is 0 Å². The molecule has 1 fully saturated rings. The first kappa shape index (κ1) is 25.1. The highest BCUT2D eigenvalue weighted by atomic mass is 16.5. The average Bonchev–Trinajstić information content (AvgIpc) is 2.84. The molecule has 180 valence electrons. The van der Waals surface area contributed by atoms with E-state index >= 15 is 0 Å². The summed E-state index contributed by atoms with van der Waals surface area (Å²) in [5.74, 6) is 1.96. The second kappa shape index (κ2) is 11.6. The summed E-state index contributed by atoms with van der Waals surface area (Å²) < 4.78 is 16.4. The van der Waals surface area contributed by atoms with Gasteiger partial charge in [0.2, 0.25) is 0 Å². The molecule has 1 aliphatic heterocycles. The lowest BCUT2D eigenvalue weighted by atomic mass is 9.93. The van der Waals surface area contributed by atoms with E-state index in [0.717, 1.165) is 29.7 Å². The monoisotopic (exact) mass is 463 g/mol. The third-order valence-electron chi connectivity index (χ3n) is 5.79. The lowest BCUT2D eigenvalue weighted by Gasteiger charge is -2.29. The zero-order valence-corrected chi connectivity index (χ0v) is 20.4. The number of piperidine rings is 1. The van der Waals surface area contributed by atoms with Crippen LogP contribution in [0, 0.1) is 0 Å². The second-order valence-electron chi connectivity index (χ2n) is 8.21. The normalized spacial score (nSPS) is 16.6. The van der Waals surface area contributed by atoms with Gasteiger partial charge in [-0.15, -0.1) is 6.58 Å². The summed E-state index contributed by atoms with van der Waals surface area (Å²) in [6, 6.07) is 8.96. The van der Waals surface area contributed by atoms with Gasteiger partial charge in [-0.3, -0.25) is 9.69 Å². The van der Waals surface area contributed by atoms with Crippen LogP contribution in [0.4, 0.5) is 0 Å². The van der Waals surface area contributed by atoms with Crippen molar-refractivity contribution in [2.75, 3.05) is 41.0 Å². The Balaban J connectivity index is 2.04. The Labute approximate surface area is 201 Å². The fraction of sp³-hybridized carbons (Fsp3) is 0.321. The van der Waals surface area contributed by atoms with Crippen LogP contribution < -0.4 is 14.2 Å². The topological polar surface area (TPSA) is 68.2 Å². The number of carbonyl (C=O) groups excluding carboxylic acids is 1. The quantitative estimate of drug-likeness (QED) is 0.421. The molecule has 6 nitrogen and oxygen atoms in total. The van der Waals surface area contributed by atoms with Gasteiger partial charge in [0.05, 0.1) is 21.3 Å². The molecular weight excluding hydrogens is 430 g/mol. The van der Waals surface area contributed by atoms with Crippen LogP contribution in [-0.4, -0.2) is 56.8 Å². The molecular formula is C28H33NO5. The third-order valence-corrected chi connectivity index (χ3v) is 5.79. The molecule has 1 N–H and O–H groups in total. The third kappa shape index (κ3) is 5.69. The predicted octanol–water partition coefficient (Wildman–Crippen LogP) is 4.91. The number of benzene rings is 2. The maximum atomic E-state index is 13.5. The summed E-state index contributed by atoms with van der Waals surface area (Å²) in [4.78, 5) is 15.8. The van der Waals surface area contributed by atoms with E-state index in [4.69, 9.17) is 14.2 Å². The minimum absolute atomic E-state index is 0.00235. The first-order valence-electron chi connectivity index (χ1n) is 11.3. The number of phenols is 1. The van der Waals surface area contributed by atoms with Gasteiger partial charge < -0.3 is 19.3 Å². The maximum Gasteiger partial charge on any atom is 0.187 e. The molecule has 0 saturated carbocycles. The molecule has 0 spiro atoms. The molecule has 6 heteroatoms. The molecule has 1 aliphatic rings. The fourth-order valence-corrected chi connectivity index (χ4v) is 4.15. The Morgan fingerprint density at radius 3 is 2.24 bits per heavy atom. The molecule has 0 atom stereocenters. The van der Waals surface area contributed by atoms with Gasteiger partial charge in [-0.2, -0.15) is 0 Å². The highest BCUT2D eigenvalue weighted by Gasteiger charge is 2.26. The van der Waals surface area contributed by atoms with Crippen molar-refractivity contribution in [1.82, 2.24) is 4.90 Å². The first-order valence-corrected chi connectivity index (χ1v) is 11.3. The molecule has 0 unspecified atom stereocenters. The van der Waals surface area contributed by atoms with Crippen LogP contribution in [0.15, 0.2) is 54.1 Å². The van der Waals surface area contributed by atoms with Crippen LogP contribution >= 0.6 is 0 Å². The van der Waals surface area contributed by atoms with Gasteiger partial charge in [0.1, 0.15) is 11.5 Å². The van der Waals surface area contributed by atoms with Crippen molar-refractivity contribution in [3.63, 3.8) is 0 Å². The summed E-state index contributed by atoms with van der Waals surface area (Å²) in [6.07, 6.45) is 7.08. The van der Waals surface area contributed by atoms with Crippen molar-refractivity contribution >= 4 is 17.9 Å². The van der Waals surface area contributed by atoms with Gasteiger partial charge in [-0.05, 0) is 60.9 Å². The van der Waals surface area contributed by atoms with Crippen LogP contribution in [0.3, 0.4) is 0 Å². The van der Waals surface area contributed by atoms with Gasteiger partial charge in [0, 0.05) is 35.9 Å². The van der Waals surface area contributed by atoms with E-state index in [1.54, 1.807) is 39.5 Å². The van der Waals surface area contributed by atoms with E-state index in [1.807, 2.05) is 30.4 Å². The van der Waals surface area contributed by atoms with Gasteiger partial charge in [-0.25, -0.2) is 0 Å². The zero-order chi connectivity index (χ0) is 24.7. The predicted molar refractivity (Wildman–Crippen MR) is 136 cm³/mol. The summed E-state index contributed by atoms with van der Waals surface area (Å²) in [6.45, 7) is 7.88.